The maximum absolute atomic E-state index is 12.0. The van der Waals surface area contributed by atoms with E-state index in [0.717, 1.165) is 12.1 Å². The van der Waals surface area contributed by atoms with E-state index in [9.17, 15) is 9.59 Å². The fraction of sp³-hybridized carbons (Fsp3) is 0.500. The Morgan fingerprint density at radius 3 is 2.45 bits per heavy atom. The highest BCUT2D eigenvalue weighted by atomic mass is 16.2. The van der Waals surface area contributed by atoms with E-state index in [-0.39, 0.29) is 17.9 Å². The Kier molecular flexibility index (Phi) is 6.77. The van der Waals surface area contributed by atoms with Gasteiger partial charge in [0.1, 0.15) is 0 Å². The lowest BCUT2D eigenvalue weighted by atomic mass is 10.2. The number of benzene rings is 1. The second-order valence-electron chi connectivity index (χ2n) is 5.02. The molecule has 0 spiro atoms. The third kappa shape index (κ3) is 5.43. The van der Waals surface area contributed by atoms with E-state index >= 15 is 0 Å². The first-order valence-electron chi connectivity index (χ1n) is 7.15. The van der Waals surface area contributed by atoms with E-state index in [1.165, 1.54) is 0 Å². The summed E-state index contributed by atoms with van der Waals surface area (Å²) in [5.41, 5.74) is 0.876. The summed E-state index contributed by atoms with van der Waals surface area (Å²) < 4.78 is 0. The van der Waals surface area contributed by atoms with E-state index in [4.69, 9.17) is 0 Å². The van der Waals surface area contributed by atoms with Crippen LogP contribution in [0.4, 0.5) is 5.69 Å². The van der Waals surface area contributed by atoms with E-state index in [1.54, 1.807) is 11.9 Å². The molecule has 110 valence electrons. The van der Waals surface area contributed by atoms with Crippen molar-refractivity contribution in [2.24, 2.45) is 0 Å². The minimum atomic E-state index is 0.0227. The Morgan fingerprint density at radius 1 is 1.20 bits per heavy atom. The van der Waals surface area contributed by atoms with Crippen molar-refractivity contribution in [2.45, 2.75) is 45.6 Å². The van der Waals surface area contributed by atoms with E-state index in [1.807, 2.05) is 44.2 Å². The number of carbonyl (C=O) groups is 2. The predicted molar refractivity (Wildman–Crippen MR) is 81.6 cm³/mol. The summed E-state index contributed by atoms with van der Waals surface area (Å²) in [6.07, 6.45) is 2.29. The Labute approximate surface area is 121 Å². The largest absolute Gasteiger partial charge is 0.354 e. The number of nitrogens with one attached hydrogen (secondary N) is 1. The first-order chi connectivity index (χ1) is 9.54. The van der Waals surface area contributed by atoms with Crippen LogP contribution in [0.2, 0.25) is 0 Å². The third-order valence-corrected chi connectivity index (χ3v) is 3.33. The molecular weight excluding hydrogens is 252 g/mol. The first-order valence-corrected chi connectivity index (χ1v) is 7.15. The molecule has 0 saturated heterocycles. The van der Waals surface area contributed by atoms with E-state index < -0.39 is 0 Å². The Hall–Kier alpha value is -1.84. The van der Waals surface area contributed by atoms with Crippen LogP contribution in [0, 0.1) is 0 Å². The van der Waals surface area contributed by atoms with Crippen LogP contribution in [-0.2, 0) is 9.59 Å². The van der Waals surface area contributed by atoms with Gasteiger partial charge in [0.15, 0.2) is 0 Å². The molecule has 1 aromatic carbocycles. The van der Waals surface area contributed by atoms with Gasteiger partial charge < -0.3 is 10.2 Å². The van der Waals surface area contributed by atoms with Gasteiger partial charge in [-0.1, -0.05) is 25.1 Å². The van der Waals surface area contributed by atoms with Crippen molar-refractivity contribution < 1.29 is 9.59 Å². The number of nitrogens with zero attached hydrogens (tertiary/aromatic N) is 1. The zero-order valence-electron chi connectivity index (χ0n) is 12.6. The van der Waals surface area contributed by atoms with E-state index in [0.29, 0.717) is 19.3 Å². The molecule has 0 aliphatic carbocycles. The molecule has 0 aliphatic rings. The fourth-order valence-corrected chi connectivity index (χ4v) is 1.81. The van der Waals surface area contributed by atoms with Crippen LogP contribution in [0.3, 0.4) is 0 Å². The van der Waals surface area contributed by atoms with Crippen LogP contribution in [0.15, 0.2) is 30.3 Å². The monoisotopic (exact) mass is 276 g/mol. The molecule has 0 aromatic heterocycles. The van der Waals surface area contributed by atoms with Crippen LogP contribution >= 0.6 is 0 Å². The normalized spacial score (nSPS) is 11.8. The molecule has 4 heteroatoms. The molecule has 0 saturated carbocycles. The van der Waals surface area contributed by atoms with Crippen LogP contribution in [-0.4, -0.2) is 24.9 Å². The average molecular weight is 276 g/mol. The van der Waals surface area contributed by atoms with Crippen molar-refractivity contribution in [3.05, 3.63) is 30.3 Å². The minimum Gasteiger partial charge on any atom is -0.354 e. The quantitative estimate of drug-likeness (QED) is 0.832. The summed E-state index contributed by atoms with van der Waals surface area (Å²) >= 11 is 0. The number of amides is 2. The number of rotatable bonds is 7. The van der Waals surface area contributed by atoms with Crippen molar-refractivity contribution >= 4 is 17.5 Å². The van der Waals surface area contributed by atoms with Gasteiger partial charge in [-0.25, -0.2) is 0 Å². The number of hydrogen-bond donors (Lipinski definition) is 1. The molecule has 4 nitrogen and oxygen atoms in total. The fourth-order valence-electron chi connectivity index (χ4n) is 1.81. The van der Waals surface area contributed by atoms with Crippen molar-refractivity contribution in [3.8, 4) is 0 Å². The van der Waals surface area contributed by atoms with Gasteiger partial charge in [0.2, 0.25) is 11.8 Å². The maximum atomic E-state index is 12.0. The number of carbonyl (C=O) groups excluding carboxylic acids is 2. The average Bonchev–Trinajstić information content (AvgIpc) is 2.47. The highest BCUT2D eigenvalue weighted by molar-refractivity contribution is 5.92. The molecule has 1 rings (SSSR count). The lowest BCUT2D eigenvalue weighted by molar-refractivity contribution is -0.122. The molecule has 20 heavy (non-hydrogen) atoms. The predicted octanol–water partition coefficient (Wildman–Crippen LogP) is 2.73. The first kappa shape index (κ1) is 16.2. The summed E-state index contributed by atoms with van der Waals surface area (Å²) in [6.45, 7) is 4.01. The third-order valence-electron chi connectivity index (χ3n) is 3.33. The SMILES string of the molecule is CCC(C)NC(=O)CCCC(=O)N(C)c1ccccc1. The Morgan fingerprint density at radius 2 is 1.85 bits per heavy atom. The van der Waals surface area contributed by atoms with Crippen molar-refractivity contribution in [1.29, 1.82) is 0 Å². The van der Waals surface area contributed by atoms with Gasteiger partial charge in [0.05, 0.1) is 0 Å². The summed E-state index contributed by atoms with van der Waals surface area (Å²) in [6, 6.07) is 9.71. The molecule has 0 heterocycles. The minimum absolute atomic E-state index is 0.0227. The van der Waals surface area contributed by atoms with Gasteiger partial charge in [0.25, 0.3) is 0 Å². The Bertz CT molecular complexity index is 431. The van der Waals surface area contributed by atoms with Gasteiger partial charge in [-0.2, -0.15) is 0 Å². The van der Waals surface area contributed by atoms with Gasteiger partial charge in [-0.3, -0.25) is 9.59 Å². The highest BCUT2D eigenvalue weighted by Gasteiger charge is 2.11. The van der Waals surface area contributed by atoms with Crippen molar-refractivity contribution in [2.75, 3.05) is 11.9 Å². The molecule has 2 amide bonds. The standard InChI is InChI=1S/C16H24N2O2/c1-4-13(2)17-15(19)11-8-12-16(20)18(3)14-9-6-5-7-10-14/h5-7,9-10,13H,4,8,11-12H2,1-3H3,(H,17,19). The molecule has 0 aliphatic heterocycles. The number of para-hydroxylation sites is 1. The second kappa shape index (κ2) is 8.35. The molecule has 1 atom stereocenters. The number of anilines is 1. The van der Waals surface area contributed by atoms with Crippen molar-refractivity contribution in [1.82, 2.24) is 5.32 Å². The number of hydrogen-bond acceptors (Lipinski definition) is 2. The van der Waals surface area contributed by atoms with Crippen LogP contribution in [0.5, 0.6) is 0 Å². The van der Waals surface area contributed by atoms with Crippen molar-refractivity contribution in [3.63, 3.8) is 0 Å². The molecular formula is C16H24N2O2. The highest BCUT2D eigenvalue weighted by Crippen LogP contribution is 2.13. The summed E-state index contributed by atoms with van der Waals surface area (Å²) in [4.78, 5) is 25.2. The summed E-state index contributed by atoms with van der Waals surface area (Å²) in [5.74, 6) is 0.0575. The van der Waals surface area contributed by atoms with Crippen LogP contribution in [0.1, 0.15) is 39.5 Å². The van der Waals surface area contributed by atoms with Gasteiger partial charge >= 0.3 is 0 Å². The molecule has 0 fully saturated rings. The summed E-state index contributed by atoms with van der Waals surface area (Å²) in [7, 11) is 1.76. The van der Waals surface area contributed by atoms with E-state index in [2.05, 4.69) is 5.32 Å². The molecule has 1 unspecified atom stereocenters. The smallest absolute Gasteiger partial charge is 0.226 e. The molecule has 1 N–H and O–H groups in total. The van der Waals surface area contributed by atoms with Gasteiger partial charge in [0, 0.05) is 31.6 Å². The maximum Gasteiger partial charge on any atom is 0.226 e. The molecule has 1 aromatic rings. The topological polar surface area (TPSA) is 49.4 Å². The lowest BCUT2D eigenvalue weighted by Gasteiger charge is -2.17. The molecule has 0 bridgehead atoms. The van der Waals surface area contributed by atoms with Crippen LogP contribution < -0.4 is 10.2 Å². The second-order valence-corrected chi connectivity index (χ2v) is 5.02. The van der Waals surface area contributed by atoms with Gasteiger partial charge in [-0.05, 0) is 31.9 Å². The molecule has 0 radical (unpaired) electrons. The zero-order chi connectivity index (χ0) is 15.0. The van der Waals surface area contributed by atoms with Crippen LogP contribution in [0.25, 0.3) is 0 Å². The lowest BCUT2D eigenvalue weighted by Crippen LogP contribution is -2.32. The summed E-state index contributed by atoms with van der Waals surface area (Å²) in [5, 5.41) is 2.90. The zero-order valence-corrected chi connectivity index (χ0v) is 12.6. The van der Waals surface area contributed by atoms with Gasteiger partial charge in [-0.15, -0.1) is 0 Å². The Balaban J connectivity index is 2.31.